The van der Waals surface area contributed by atoms with E-state index in [1.165, 1.54) is 6.42 Å². The third-order valence-corrected chi connectivity index (χ3v) is 5.34. The molecule has 1 aromatic heterocycles. The van der Waals surface area contributed by atoms with Crippen molar-refractivity contribution in [1.82, 2.24) is 10.1 Å². The number of piperidine rings is 1. The molecule has 2 N–H and O–H groups in total. The lowest BCUT2D eigenvalue weighted by Crippen LogP contribution is -2.40. The summed E-state index contributed by atoms with van der Waals surface area (Å²) in [7, 11) is 0. The van der Waals surface area contributed by atoms with E-state index in [1.807, 2.05) is 60.7 Å². The fraction of sp³-hybridized carbons (Fsp3) is 0.292. The molecule has 0 amide bonds. The zero-order valence-corrected chi connectivity index (χ0v) is 17.0. The number of nitrogens with zero attached hydrogens (tertiary/aromatic N) is 3. The molecule has 1 aliphatic rings. The van der Waals surface area contributed by atoms with Gasteiger partial charge >= 0.3 is 0 Å². The number of nitrogens with two attached hydrogens (primary N) is 1. The number of carbonyl (C=O) groups is 1. The second-order valence-corrected chi connectivity index (χ2v) is 7.56. The Hall–Kier alpha value is -3.41. The number of benzene rings is 2. The minimum absolute atomic E-state index is 0.0296. The minimum Gasteiger partial charge on any atom is -0.369 e. The van der Waals surface area contributed by atoms with Gasteiger partial charge in [-0.3, -0.25) is 4.79 Å². The Labute approximate surface area is 176 Å². The summed E-state index contributed by atoms with van der Waals surface area (Å²) >= 11 is 0. The second-order valence-electron chi connectivity index (χ2n) is 7.56. The maximum atomic E-state index is 12.7. The van der Waals surface area contributed by atoms with Crippen LogP contribution in [-0.2, 0) is 12.8 Å². The van der Waals surface area contributed by atoms with Crippen LogP contribution in [0.25, 0.3) is 0 Å². The molecule has 30 heavy (non-hydrogen) atoms. The number of aliphatic imine (C=N–C) groups is 1. The highest BCUT2D eigenvalue weighted by atomic mass is 16.5. The number of likely N-dealkylation sites (tertiary alicyclic amines) is 1. The molecule has 0 spiro atoms. The molecule has 0 bridgehead atoms. The van der Waals surface area contributed by atoms with Crippen LogP contribution < -0.4 is 5.73 Å². The normalized spacial score (nSPS) is 14.7. The Bertz CT molecular complexity index is 1020. The van der Waals surface area contributed by atoms with Gasteiger partial charge in [-0.25, -0.2) is 0 Å². The smallest absolute Gasteiger partial charge is 0.198 e. The summed E-state index contributed by atoms with van der Waals surface area (Å²) in [5.74, 6) is 1.78. The molecule has 0 saturated carbocycles. The topological polar surface area (TPSA) is 84.7 Å². The van der Waals surface area contributed by atoms with Crippen LogP contribution in [0.3, 0.4) is 0 Å². The maximum absolute atomic E-state index is 12.7. The van der Waals surface area contributed by atoms with E-state index in [1.54, 1.807) is 0 Å². The summed E-state index contributed by atoms with van der Waals surface area (Å²) in [5, 5.41) is 4.03. The van der Waals surface area contributed by atoms with Gasteiger partial charge < -0.3 is 15.2 Å². The molecule has 1 saturated heterocycles. The molecule has 0 unspecified atom stereocenters. The van der Waals surface area contributed by atoms with Gasteiger partial charge in [-0.15, -0.1) is 0 Å². The number of aromatic nitrogens is 1. The predicted molar refractivity (Wildman–Crippen MR) is 117 cm³/mol. The molecule has 0 aliphatic carbocycles. The average molecular weight is 402 g/mol. The predicted octanol–water partition coefficient (Wildman–Crippen LogP) is 4.12. The van der Waals surface area contributed by atoms with Gasteiger partial charge in [-0.2, -0.15) is 4.99 Å². The molecule has 2 aromatic carbocycles. The number of carbonyl (C=O) groups excluding carboxylic acids is 1. The summed E-state index contributed by atoms with van der Waals surface area (Å²) in [6.45, 7) is 1.89. The largest absolute Gasteiger partial charge is 0.369 e. The summed E-state index contributed by atoms with van der Waals surface area (Å²) in [6, 6.07) is 18.9. The lowest BCUT2D eigenvalue weighted by atomic mass is 9.99. The number of hydrogen-bond donors (Lipinski definition) is 1. The van der Waals surface area contributed by atoms with Crippen LogP contribution in [0.2, 0.25) is 0 Å². The lowest BCUT2D eigenvalue weighted by molar-refractivity contribution is 0.103. The van der Waals surface area contributed by atoms with E-state index in [9.17, 15) is 4.79 Å². The van der Waals surface area contributed by atoms with Gasteiger partial charge in [-0.1, -0.05) is 53.7 Å². The molecular formula is C24H26N4O2. The quantitative estimate of drug-likeness (QED) is 0.381. The van der Waals surface area contributed by atoms with E-state index in [2.05, 4.69) is 15.0 Å². The molecule has 4 rings (SSSR count). The molecule has 3 aromatic rings. The fourth-order valence-corrected chi connectivity index (χ4v) is 3.68. The Morgan fingerprint density at radius 1 is 0.967 bits per heavy atom. The van der Waals surface area contributed by atoms with Crippen LogP contribution in [0.1, 0.15) is 46.5 Å². The van der Waals surface area contributed by atoms with E-state index in [4.69, 9.17) is 10.3 Å². The highest BCUT2D eigenvalue weighted by Gasteiger charge is 2.13. The van der Waals surface area contributed by atoms with Crippen LogP contribution in [0.4, 0.5) is 5.82 Å². The molecule has 1 aliphatic heterocycles. The summed E-state index contributed by atoms with van der Waals surface area (Å²) < 4.78 is 5.42. The first-order chi connectivity index (χ1) is 14.7. The molecule has 6 nitrogen and oxygen atoms in total. The van der Waals surface area contributed by atoms with Crippen LogP contribution in [0, 0.1) is 0 Å². The third kappa shape index (κ3) is 4.95. The zero-order valence-electron chi connectivity index (χ0n) is 17.0. The van der Waals surface area contributed by atoms with Crippen LogP contribution in [-0.4, -0.2) is 34.9 Å². The van der Waals surface area contributed by atoms with Crippen molar-refractivity contribution in [3.8, 4) is 0 Å². The van der Waals surface area contributed by atoms with Gasteiger partial charge in [0, 0.05) is 36.7 Å². The van der Waals surface area contributed by atoms with Crippen molar-refractivity contribution in [2.45, 2.75) is 32.1 Å². The van der Waals surface area contributed by atoms with Crippen LogP contribution >= 0.6 is 0 Å². The first-order valence-electron chi connectivity index (χ1n) is 10.4. The monoisotopic (exact) mass is 402 g/mol. The first kappa shape index (κ1) is 19.9. The number of hydrogen-bond acceptors (Lipinski definition) is 4. The second kappa shape index (κ2) is 9.39. The molecule has 1 fully saturated rings. The number of ketones is 1. The molecule has 6 heteroatoms. The first-order valence-corrected chi connectivity index (χ1v) is 10.4. The van der Waals surface area contributed by atoms with Crippen molar-refractivity contribution < 1.29 is 9.32 Å². The van der Waals surface area contributed by atoms with Gasteiger partial charge in [0.15, 0.2) is 17.6 Å². The number of aryl methyl sites for hydroxylation is 2. The zero-order chi connectivity index (χ0) is 20.8. The van der Waals surface area contributed by atoms with E-state index < -0.39 is 0 Å². The van der Waals surface area contributed by atoms with E-state index in [-0.39, 0.29) is 5.78 Å². The SMILES string of the molecule is NC(=Nc1cc(CCc2cccc(C(=O)c3ccccc3)c2)on1)N1CCCCC1. The van der Waals surface area contributed by atoms with E-state index in [0.717, 1.165) is 43.7 Å². The van der Waals surface area contributed by atoms with Crippen molar-refractivity contribution in [1.29, 1.82) is 0 Å². The maximum Gasteiger partial charge on any atom is 0.198 e. The lowest BCUT2D eigenvalue weighted by Gasteiger charge is -2.27. The van der Waals surface area contributed by atoms with Gasteiger partial charge in [-0.05, 0) is 37.3 Å². The van der Waals surface area contributed by atoms with Crippen molar-refractivity contribution in [3.05, 3.63) is 83.1 Å². The molecule has 154 valence electrons. The van der Waals surface area contributed by atoms with Crippen LogP contribution in [0.5, 0.6) is 0 Å². The van der Waals surface area contributed by atoms with Crippen molar-refractivity contribution in [2.24, 2.45) is 10.7 Å². The summed E-state index contributed by atoms with van der Waals surface area (Å²) in [6.07, 6.45) is 4.96. The summed E-state index contributed by atoms with van der Waals surface area (Å²) in [5.41, 5.74) is 8.57. The highest BCUT2D eigenvalue weighted by Crippen LogP contribution is 2.18. The Balaban J connectivity index is 1.38. The fourth-order valence-electron chi connectivity index (χ4n) is 3.68. The third-order valence-electron chi connectivity index (χ3n) is 5.34. The van der Waals surface area contributed by atoms with Gasteiger partial charge in [0.2, 0.25) is 0 Å². The van der Waals surface area contributed by atoms with Gasteiger partial charge in [0.1, 0.15) is 5.76 Å². The Morgan fingerprint density at radius 2 is 1.73 bits per heavy atom. The molecular weight excluding hydrogens is 376 g/mol. The minimum atomic E-state index is 0.0296. The average Bonchev–Trinajstić information content (AvgIpc) is 3.26. The van der Waals surface area contributed by atoms with Gasteiger partial charge in [0.05, 0.1) is 0 Å². The van der Waals surface area contributed by atoms with E-state index >= 15 is 0 Å². The number of rotatable bonds is 6. The van der Waals surface area contributed by atoms with Gasteiger partial charge in [0.25, 0.3) is 0 Å². The van der Waals surface area contributed by atoms with Crippen LogP contribution in [0.15, 0.2) is 70.2 Å². The standard InChI is InChI=1S/C24H26N4O2/c25-24(28-14-5-2-6-15-28)26-22-17-21(30-27-22)13-12-18-8-7-11-20(16-18)23(29)19-9-3-1-4-10-19/h1,3-4,7-11,16-17H,2,5-6,12-15H2,(H2,25,26,27). The van der Waals surface area contributed by atoms with Crippen molar-refractivity contribution in [3.63, 3.8) is 0 Å². The Kier molecular flexibility index (Phi) is 6.23. The molecule has 0 radical (unpaired) electrons. The molecule has 2 heterocycles. The number of guanidine groups is 1. The van der Waals surface area contributed by atoms with E-state index in [0.29, 0.717) is 29.3 Å². The van der Waals surface area contributed by atoms with Crippen molar-refractivity contribution >= 4 is 17.6 Å². The molecule has 0 atom stereocenters. The Morgan fingerprint density at radius 3 is 2.53 bits per heavy atom. The summed E-state index contributed by atoms with van der Waals surface area (Å²) in [4.78, 5) is 19.1. The van der Waals surface area contributed by atoms with Crippen molar-refractivity contribution in [2.75, 3.05) is 13.1 Å². The highest BCUT2D eigenvalue weighted by molar-refractivity contribution is 6.09.